The van der Waals surface area contributed by atoms with Crippen LogP contribution in [0.5, 0.6) is 0 Å². The van der Waals surface area contributed by atoms with E-state index in [-0.39, 0.29) is 10.5 Å². The van der Waals surface area contributed by atoms with Crippen LogP contribution in [-0.2, 0) is 10.0 Å². The average Bonchev–Trinajstić information content (AvgIpc) is 2.68. The number of amides is 1. The summed E-state index contributed by atoms with van der Waals surface area (Å²) in [5.41, 5.74) is 2.07. The Bertz CT molecular complexity index is 880. The van der Waals surface area contributed by atoms with Crippen molar-refractivity contribution in [3.63, 3.8) is 0 Å². The molecule has 0 bridgehead atoms. The molecule has 1 amide bonds. The lowest BCUT2D eigenvalue weighted by Crippen LogP contribution is -2.20. The molecule has 0 atom stereocenters. The summed E-state index contributed by atoms with van der Waals surface area (Å²) in [5.74, 6) is -0.627. The fraction of sp³-hybridized carbons (Fsp3) is 0. The first kappa shape index (κ1) is 12.4. The number of nitriles is 1. The molecule has 0 spiro atoms. The third-order valence-corrected chi connectivity index (χ3v) is 4.45. The molecule has 98 valence electrons. The molecule has 1 N–H and O–H groups in total. The molecule has 3 rings (SSSR count). The molecule has 2 aromatic carbocycles. The van der Waals surface area contributed by atoms with Crippen LogP contribution in [0.3, 0.4) is 0 Å². The summed E-state index contributed by atoms with van der Waals surface area (Å²) < 4.78 is 25.2. The van der Waals surface area contributed by atoms with Gasteiger partial charge in [-0.3, -0.25) is 4.79 Å². The number of rotatable bonds is 1. The molecule has 0 aliphatic carbocycles. The predicted octanol–water partition coefficient (Wildman–Crippen LogP) is 1.66. The Morgan fingerprint density at radius 3 is 2.55 bits per heavy atom. The summed E-state index contributed by atoms with van der Waals surface area (Å²) in [5, 5.41) is 8.88. The Hall–Kier alpha value is -2.65. The van der Waals surface area contributed by atoms with Gasteiger partial charge in [-0.15, -0.1) is 0 Å². The van der Waals surface area contributed by atoms with Crippen LogP contribution in [0.2, 0.25) is 0 Å². The average molecular weight is 284 g/mol. The molecule has 1 heterocycles. The molecule has 1 aliphatic heterocycles. The molecule has 0 aromatic heterocycles. The molecule has 0 saturated heterocycles. The lowest BCUT2D eigenvalue weighted by molar-refractivity contribution is 0.0985. The summed E-state index contributed by atoms with van der Waals surface area (Å²) >= 11 is 0. The lowest BCUT2D eigenvalue weighted by atomic mass is 10.0. The van der Waals surface area contributed by atoms with Crippen LogP contribution >= 0.6 is 0 Å². The number of carbonyl (C=O) groups excluding carboxylic acids is 1. The number of carbonyl (C=O) groups is 1. The summed E-state index contributed by atoms with van der Waals surface area (Å²) in [6, 6.07) is 13.5. The Morgan fingerprint density at radius 1 is 1.05 bits per heavy atom. The van der Waals surface area contributed by atoms with Gasteiger partial charge in [0.15, 0.2) is 0 Å². The maximum atomic E-state index is 11.6. The Morgan fingerprint density at radius 2 is 1.80 bits per heavy atom. The normalized spacial score (nSPS) is 15.2. The van der Waals surface area contributed by atoms with E-state index in [1.807, 2.05) is 10.8 Å². The second-order valence-corrected chi connectivity index (χ2v) is 5.99. The maximum absolute atomic E-state index is 11.6. The summed E-state index contributed by atoms with van der Waals surface area (Å²) in [6.45, 7) is 0. The molecule has 0 saturated carbocycles. The van der Waals surface area contributed by atoms with Gasteiger partial charge in [-0.05, 0) is 35.4 Å². The predicted molar refractivity (Wildman–Crippen MR) is 71.2 cm³/mol. The fourth-order valence-electron chi connectivity index (χ4n) is 2.12. The molecule has 5 nitrogen and oxygen atoms in total. The van der Waals surface area contributed by atoms with Crippen molar-refractivity contribution in [2.24, 2.45) is 0 Å². The van der Waals surface area contributed by atoms with Crippen LogP contribution in [0, 0.1) is 11.3 Å². The Labute approximate surface area is 115 Å². The summed E-state index contributed by atoms with van der Waals surface area (Å²) in [6.07, 6.45) is 0. The van der Waals surface area contributed by atoms with Crippen molar-refractivity contribution in [2.75, 3.05) is 0 Å². The largest absolute Gasteiger partial charge is 0.268 e. The second-order valence-electron chi connectivity index (χ2n) is 4.34. The standard InChI is InChI=1S/C14H8N2O3S/c15-8-9-2-1-3-10(6-9)11-4-5-13-12(7-11)14(17)16-20(13,18)19/h1-7H,(H,16,17). The van der Waals surface area contributed by atoms with Crippen molar-refractivity contribution in [3.05, 3.63) is 53.6 Å². The van der Waals surface area contributed by atoms with Crippen molar-refractivity contribution in [1.82, 2.24) is 4.72 Å². The van der Waals surface area contributed by atoms with Gasteiger partial charge in [0.2, 0.25) is 0 Å². The molecule has 20 heavy (non-hydrogen) atoms. The van der Waals surface area contributed by atoms with Crippen molar-refractivity contribution < 1.29 is 13.2 Å². The molecular formula is C14H8N2O3S. The minimum absolute atomic E-state index is 0.0114. The number of fused-ring (bicyclic) bond motifs is 1. The molecule has 0 unspecified atom stereocenters. The topological polar surface area (TPSA) is 87.0 Å². The SMILES string of the molecule is N#Cc1cccc(-c2ccc3c(c2)C(=O)NS3(=O)=O)c1. The first-order valence-corrected chi connectivity index (χ1v) is 7.21. The smallest absolute Gasteiger partial charge is 0.266 e. The van der Waals surface area contributed by atoms with Gasteiger partial charge in [0.1, 0.15) is 4.90 Å². The second kappa shape index (κ2) is 4.18. The van der Waals surface area contributed by atoms with Gasteiger partial charge in [-0.2, -0.15) is 5.26 Å². The number of benzene rings is 2. The van der Waals surface area contributed by atoms with E-state index >= 15 is 0 Å². The van der Waals surface area contributed by atoms with E-state index in [1.165, 1.54) is 12.1 Å². The van der Waals surface area contributed by atoms with Gasteiger partial charge in [0, 0.05) is 0 Å². The van der Waals surface area contributed by atoms with Crippen molar-refractivity contribution in [2.45, 2.75) is 4.90 Å². The fourth-order valence-corrected chi connectivity index (χ4v) is 3.27. The number of hydrogen-bond donors (Lipinski definition) is 1. The van der Waals surface area contributed by atoms with Gasteiger partial charge in [0.25, 0.3) is 15.9 Å². The van der Waals surface area contributed by atoms with Crippen molar-refractivity contribution >= 4 is 15.9 Å². The summed E-state index contributed by atoms with van der Waals surface area (Å²) in [7, 11) is -3.72. The lowest BCUT2D eigenvalue weighted by Gasteiger charge is -2.03. The monoisotopic (exact) mass is 284 g/mol. The highest BCUT2D eigenvalue weighted by atomic mass is 32.2. The zero-order chi connectivity index (χ0) is 14.3. The Balaban J connectivity index is 2.17. The van der Waals surface area contributed by atoms with Gasteiger partial charge >= 0.3 is 0 Å². The molecule has 1 aliphatic rings. The first-order valence-electron chi connectivity index (χ1n) is 5.73. The van der Waals surface area contributed by atoms with Gasteiger partial charge in [-0.1, -0.05) is 18.2 Å². The van der Waals surface area contributed by atoms with E-state index in [9.17, 15) is 13.2 Å². The van der Waals surface area contributed by atoms with Gasteiger partial charge in [-0.25, -0.2) is 13.1 Å². The van der Waals surface area contributed by atoms with E-state index in [0.29, 0.717) is 11.1 Å². The van der Waals surface area contributed by atoms with Crippen LogP contribution in [0.25, 0.3) is 11.1 Å². The Kier molecular flexibility index (Phi) is 2.59. The van der Waals surface area contributed by atoms with Crippen LogP contribution in [-0.4, -0.2) is 14.3 Å². The highest BCUT2D eigenvalue weighted by Gasteiger charge is 2.32. The highest BCUT2D eigenvalue weighted by molar-refractivity contribution is 7.90. The zero-order valence-electron chi connectivity index (χ0n) is 10.1. The molecule has 2 aromatic rings. The van der Waals surface area contributed by atoms with E-state index in [2.05, 4.69) is 0 Å². The van der Waals surface area contributed by atoms with Crippen molar-refractivity contribution in [3.8, 4) is 17.2 Å². The zero-order valence-corrected chi connectivity index (χ0v) is 10.9. The van der Waals surface area contributed by atoms with Crippen LogP contribution in [0.15, 0.2) is 47.4 Å². The van der Waals surface area contributed by atoms with Crippen LogP contribution < -0.4 is 4.72 Å². The van der Waals surface area contributed by atoms with E-state index in [4.69, 9.17) is 5.26 Å². The number of nitrogens with zero attached hydrogens (tertiary/aromatic N) is 1. The molecular weight excluding hydrogens is 276 g/mol. The maximum Gasteiger partial charge on any atom is 0.266 e. The van der Waals surface area contributed by atoms with Crippen molar-refractivity contribution in [1.29, 1.82) is 5.26 Å². The van der Waals surface area contributed by atoms with E-state index in [0.717, 1.165) is 5.56 Å². The van der Waals surface area contributed by atoms with Crippen LogP contribution in [0.4, 0.5) is 0 Å². The quantitative estimate of drug-likeness (QED) is 0.862. The molecule has 0 fully saturated rings. The first-order chi connectivity index (χ1) is 9.51. The number of hydrogen-bond acceptors (Lipinski definition) is 4. The number of nitrogens with one attached hydrogen (secondary N) is 1. The van der Waals surface area contributed by atoms with E-state index in [1.54, 1.807) is 30.3 Å². The van der Waals surface area contributed by atoms with Crippen LogP contribution in [0.1, 0.15) is 15.9 Å². The number of sulfonamides is 1. The summed E-state index contributed by atoms with van der Waals surface area (Å²) in [4.78, 5) is 11.6. The van der Waals surface area contributed by atoms with E-state index < -0.39 is 15.9 Å². The third kappa shape index (κ3) is 1.85. The van der Waals surface area contributed by atoms with Gasteiger partial charge < -0.3 is 0 Å². The molecule has 0 radical (unpaired) electrons. The minimum Gasteiger partial charge on any atom is -0.268 e. The minimum atomic E-state index is -3.72. The highest BCUT2D eigenvalue weighted by Crippen LogP contribution is 2.28. The third-order valence-electron chi connectivity index (χ3n) is 3.07. The van der Waals surface area contributed by atoms with Gasteiger partial charge in [0.05, 0.1) is 17.2 Å². The molecule has 6 heteroatoms.